The highest BCUT2D eigenvalue weighted by molar-refractivity contribution is 8.68. The van der Waals surface area contributed by atoms with Crippen molar-refractivity contribution in [2.45, 2.75) is 43.1 Å². The summed E-state index contributed by atoms with van der Waals surface area (Å²) in [6.45, 7) is 5.87. The predicted molar refractivity (Wildman–Crippen MR) is 69.0 cm³/mol. The van der Waals surface area contributed by atoms with Gasteiger partial charge in [0.2, 0.25) is 11.8 Å². The van der Waals surface area contributed by atoms with Crippen LogP contribution in [0.1, 0.15) is 27.2 Å². The molecule has 1 heterocycles. The van der Waals surface area contributed by atoms with Crippen LogP contribution in [0.5, 0.6) is 0 Å². The molecule has 2 atom stereocenters. The molecule has 0 aromatic carbocycles. The summed E-state index contributed by atoms with van der Waals surface area (Å²) >= 11 is 5.59. The minimum absolute atomic E-state index is 0.0623. The van der Waals surface area contributed by atoms with Gasteiger partial charge in [-0.05, 0) is 12.2 Å². The molecule has 0 spiro atoms. The van der Waals surface area contributed by atoms with E-state index in [1.165, 1.54) is 15.7 Å². The molecule has 86 valence electrons. The van der Waals surface area contributed by atoms with Crippen molar-refractivity contribution in [2.75, 3.05) is 0 Å². The average Bonchev–Trinajstić information content (AvgIpc) is 2.40. The average molecular weight is 265 g/mol. The van der Waals surface area contributed by atoms with Crippen LogP contribution >= 0.6 is 34.2 Å². The van der Waals surface area contributed by atoms with E-state index in [0.29, 0.717) is 11.7 Å². The van der Waals surface area contributed by atoms with E-state index in [2.05, 4.69) is 11.7 Å². The minimum Gasteiger partial charge on any atom is -0.274 e. The molecule has 2 unspecified atom stereocenters. The van der Waals surface area contributed by atoms with Crippen LogP contribution in [0, 0.1) is 0 Å². The van der Waals surface area contributed by atoms with Gasteiger partial charge >= 0.3 is 0 Å². The Morgan fingerprint density at radius 2 is 2.00 bits per heavy atom. The molecule has 0 saturated carbocycles. The summed E-state index contributed by atoms with van der Waals surface area (Å²) in [5, 5.41) is -0.00260. The highest BCUT2D eigenvalue weighted by Gasteiger charge is 2.41. The predicted octanol–water partition coefficient (Wildman–Crippen LogP) is 2.18. The highest BCUT2D eigenvalue weighted by atomic mass is 33.1. The van der Waals surface area contributed by atoms with Crippen molar-refractivity contribution < 1.29 is 9.59 Å². The zero-order chi connectivity index (χ0) is 11.6. The standard InChI is InChI=1S/C9H15NO2S3/c1-5(2)14-7-4-8(11)10(9(7)12)6(3)15-13/h5-7,13H,4H2,1-3H3. The quantitative estimate of drug-likeness (QED) is 0.480. The summed E-state index contributed by atoms with van der Waals surface area (Å²) in [7, 11) is 1.22. The molecule has 1 fully saturated rings. The van der Waals surface area contributed by atoms with Crippen molar-refractivity contribution in [3.63, 3.8) is 0 Å². The number of thioether (sulfide) groups is 1. The van der Waals surface area contributed by atoms with Gasteiger partial charge in [0.1, 0.15) is 0 Å². The Morgan fingerprint density at radius 3 is 2.47 bits per heavy atom. The Labute approximate surface area is 104 Å². The van der Waals surface area contributed by atoms with Crippen LogP contribution in [-0.4, -0.2) is 32.6 Å². The van der Waals surface area contributed by atoms with Gasteiger partial charge in [-0.25, -0.2) is 0 Å². The molecule has 3 nitrogen and oxygen atoms in total. The molecular formula is C9H15NO2S3. The third-order valence-electron chi connectivity index (χ3n) is 2.09. The number of carbonyl (C=O) groups is 2. The monoisotopic (exact) mass is 265 g/mol. The third-order valence-corrected chi connectivity index (χ3v) is 4.77. The maximum atomic E-state index is 11.9. The molecule has 0 radical (unpaired) electrons. The number of thiol groups is 1. The van der Waals surface area contributed by atoms with Crippen LogP contribution in [0.3, 0.4) is 0 Å². The van der Waals surface area contributed by atoms with Crippen LogP contribution < -0.4 is 0 Å². The molecule has 2 amide bonds. The number of hydrogen-bond acceptors (Lipinski definition) is 5. The summed E-state index contributed by atoms with van der Waals surface area (Å²) in [6, 6.07) is 0. The van der Waals surface area contributed by atoms with Crippen molar-refractivity contribution in [3.8, 4) is 0 Å². The zero-order valence-corrected chi connectivity index (χ0v) is 11.5. The topological polar surface area (TPSA) is 37.4 Å². The van der Waals surface area contributed by atoms with Crippen molar-refractivity contribution in [3.05, 3.63) is 0 Å². The number of carbonyl (C=O) groups excluding carboxylic acids is 2. The first kappa shape index (κ1) is 13.3. The zero-order valence-electron chi connectivity index (χ0n) is 8.97. The molecule has 0 N–H and O–H groups in total. The molecule has 0 aliphatic carbocycles. The maximum absolute atomic E-state index is 11.9. The van der Waals surface area contributed by atoms with Crippen LogP contribution in [0.25, 0.3) is 0 Å². The first-order chi connectivity index (χ1) is 6.97. The second-order valence-electron chi connectivity index (χ2n) is 3.68. The van der Waals surface area contributed by atoms with E-state index in [4.69, 9.17) is 0 Å². The van der Waals surface area contributed by atoms with Crippen LogP contribution in [0.15, 0.2) is 0 Å². The molecule has 6 heteroatoms. The smallest absolute Gasteiger partial charge is 0.243 e. The summed E-state index contributed by atoms with van der Waals surface area (Å²) in [5.74, 6) is -0.139. The van der Waals surface area contributed by atoms with Gasteiger partial charge in [-0.3, -0.25) is 14.5 Å². The first-order valence-electron chi connectivity index (χ1n) is 4.79. The Morgan fingerprint density at radius 1 is 1.40 bits per heavy atom. The number of likely N-dealkylation sites (tertiary alicyclic amines) is 1. The minimum atomic E-state index is -0.194. The summed E-state index contributed by atoms with van der Waals surface area (Å²) in [5.41, 5.74) is 0. The van der Waals surface area contributed by atoms with Gasteiger partial charge in [-0.1, -0.05) is 24.6 Å². The first-order valence-corrected chi connectivity index (χ1v) is 7.66. The van der Waals surface area contributed by atoms with Gasteiger partial charge in [-0.15, -0.1) is 23.4 Å². The molecule has 15 heavy (non-hydrogen) atoms. The van der Waals surface area contributed by atoms with Gasteiger partial charge in [0.15, 0.2) is 0 Å². The van der Waals surface area contributed by atoms with Crippen LogP contribution in [-0.2, 0) is 9.59 Å². The number of hydrogen-bond donors (Lipinski definition) is 1. The van der Waals surface area contributed by atoms with Crippen molar-refractivity contribution in [2.24, 2.45) is 0 Å². The van der Waals surface area contributed by atoms with Gasteiger partial charge < -0.3 is 0 Å². The van der Waals surface area contributed by atoms with E-state index in [1.807, 2.05) is 20.8 Å². The summed E-state index contributed by atoms with van der Waals surface area (Å²) in [6.07, 6.45) is 0.334. The Bertz CT molecular complexity index is 270. The van der Waals surface area contributed by atoms with E-state index < -0.39 is 0 Å². The molecule has 1 rings (SSSR count). The molecule has 0 bridgehead atoms. The van der Waals surface area contributed by atoms with Gasteiger partial charge in [0.25, 0.3) is 0 Å². The van der Waals surface area contributed by atoms with E-state index in [9.17, 15) is 9.59 Å². The second kappa shape index (κ2) is 5.50. The van der Waals surface area contributed by atoms with Crippen LogP contribution in [0.4, 0.5) is 0 Å². The molecule has 1 saturated heterocycles. The fraction of sp³-hybridized carbons (Fsp3) is 0.778. The van der Waals surface area contributed by atoms with E-state index in [1.54, 1.807) is 11.8 Å². The molecule has 1 aliphatic heterocycles. The molecular weight excluding hydrogens is 250 g/mol. The van der Waals surface area contributed by atoms with Crippen molar-refractivity contribution >= 4 is 46.0 Å². The van der Waals surface area contributed by atoms with Crippen LogP contribution in [0.2, 0.25) is 0 Å². The van der Waals surface area contributed by atoms with Crippen molar-refractivity contribution in [1.82, 2.24) is 4.90 Å². The third kappa shape index (κ3) is 3.07. The normalized spacial score (nSPS) is 24.1. The lowest BCUT2D eigenvalue weighted by Crippen LogP contribution is -2.36. The fourth-order valence-electron chi connectivity index (χ4n) is 1.49. The van der Waals surface area contributed by atoms with E-state index in [0.717, 1.165) is 0 Å². The van der Waals surface area contributed by atoms with Gasteiger partial charge in [-0.2, -0.15) is 0 Å². The second-order valence-corrected chi connectivity index (χ2v) is 6.99. The van der Waals surface area contributed by atoms with E-state index >= 15 is 0 Å². The lowest BCUT2D eigenvalue weighted by molar-refractivity contribution is -0.138. The SMILES string of the molecule is CC(C)SC1CC(=O)N(C(C)SS)C1=O. The molecule has 1 aliphatic rings. The Hall–Kier alpha value is 0.190. The van der Waals surface area contributed by atoms with E-state index in [-0.39, 0.29) is 22.4 Å². The molecule has 0 aromatic rings. The van der Waals surface area contributed by atoms with Crippen molar-refractivity contribution in [1.29, 1.82) is 0 Å². The molecule has 0 aromatic heterocycles. The number of imide groups is 1. The summed E-state index contributed by atoms with van der Waals surface area (Å²) in [4.78, 5) is 24.8. The number of amides is 2. The lowest BCUT2D eigenvalue weighted by atomic mass is 10.4. The number of nitrogens with zero attached hydrogens (tertiary/aromatic N) is 1. The Kier molecular flexibility index (Phi) is 4.86. The van der Waals surface area contributed by atoms with Gasteiger partial charge in [0.05, 0.1) is 10.6 Å². The highest BCUT2D eigenvalue weighted by Crippen LogP contribution is 2.32. The maximum Gasteiger partial charge on any atom is 0.243 e. The Balaban J connectivity index is 2.70. The summed E-state index contributed by atoms with van der Waals surface area (Å²) < 4.78 is 0. The lowest BCUT2D eigenvalue weighted by Gasteiger charge is -2.20. The van der Waals surface area contributed by atoms with Gasteiger partial charge in [0, 0.05) is 6.42 Å². The fourth-order valence-corrected chi connectivity index (χ4v) is 3.21. The largest absolute Gasteiger partial charge is 0.274 e. The number of rotatable bonds is 4.